The summed E-state index contributed by atoms with van der Waals surface area (Å²) in [6, 6.07) is -0.737. The Morgan fingerprint density at radius 1 is 1.33 bits per heavy atom. The molecule has 0 saturated carbocycles. The van der Waals surface area contributed by atoms with Crippen LogP contribution >= 0.6 is 0 Å². The van der Waals surface area contributed by atoms with Gasteiger partial charge in [-0.25, -0.2) is 10.2 Å². The normalized spacial score (nSPS) is 23.1. The second kappa shape index (κ2) is 3.42. The first-order valence-electron chi connectivity index (χ1n) is 3.96. The lowest BCUT2D eigenvalue weighted by atomic mass is 10.0. The van der Waals surface area contributed by atoms with Crippen molar-refractivity contribution in [1.82, 2.24) is 16.2 Å². The molecule has 3 amide bonds. The summed E-state index contributed by atoms with van der Waals surface area (Å²) in [5, 5.41) is 2.54. The minimum Gasteiger partial charge on any atom is -0.325 e. The maximum absolute atomic E-state index is 11.1. The molecule has 0 aromatic heterocycles. The van der Waals surface area contributed by atoms with Gasteiger partial charge in [-0.3, -0.25) is 10.2 Å². The van der Waals surface area contributed by atoms with Crippen LogP contribution in [0.3, 0.4) is 0 Å². The Labute approximate surface area is 70.9 Å². The molecule has 12 heavy (non-hydrogen) atoms. The fourth-order valence-corrected chi connectivity index (χ4v) is 1.10. The highest BCUT2D eigenvalue weighted by atomic mass is 16.2. The van der Waals surface area contributed by atoms with Crippen molar-refractivity contribution in [3.63, 3.8) is 0 Å². The van der Waals surface area contributed by atoms with Crippen LogP contribution in [-0.2, 0) is 4.79 Å². The molecular formula is C7H13N3O2. The van der Waals surface area contributed by atoms with Crippen LogP contribution in [0.25, 0.3) is 0 Å². The molecule has 1 rings (SSSR count). The molecule has 1 aliphatic rings. The minimum atomic E-state index is -0.390. The van der Waals surface area contributed by atoms with Gasteiger partial charge in [-0.05, 0) is 12.3 Å². The van der Waals surface area contributed by atoms with E-state index in [0.29, 0.717) is 12.3 Å². The number of hydrazine groups is 1. The number of carbonyl (C=O) groups excluding carboxylic acids is 2. The molecule has 1 atom stereocenters. The Bertz CT molecular complexity index is 203. The van der Waals surface area contributed by atoms with Crippen LogP contribution in [0.4, 0.5) is 4.79 Å². The van der Waals surface area contributed by atoms with Gasteiger partial charge >= 0.3 is 6.03 Å². The summed E-state index contributed by atoms with van der Waals surface area (Å²) in [7, 11) is 0. The average molecular weight is 171 g/mol. The van der Waals surface area contributed by atoms with Crippen LogP contribution in [0.15, 0.2) is 0 Å². The van der Waals surface area contributed by atoms with E-state index in [1.807, 2.05) is 13.8 Å². The molecule has 5 nitrogen and oxygen atoms in total. The van der Waals surface area contributed by atoms with Crippen molar-refractivity contribution in [2.24, 2.45) is 5.92 Å². The van der Waals surface area contributed by atoms with E-state index < -0.39 is 6.04 Å². The van der Waals surface area contributed by atoms with Crippen LogP contribution in [0.5, 0.6) is 0 Å². The molecule has 0 aromatic carbocycles. The molecule has 0 bridgehead atoms. The number of urea groups is 1. The molecule has 1 fully saturated rings. The monoisotopic (exact) mass is 171 g/mol. The predicted octanol–water partition coefficient (Wildman–Crippen LogP) is -0.255. The summed E-state index contributed by atoms with van der Waals surface area (Å²) in [5.74, 6) is 0.211. The smallest absolute Gasteiger partial charge is 0.325 e. The first-order valence-corrected chi connectivity index (χ1v) is 3.96. The van der Waals surface area contributed by atoms with Gasteiger partial charge in [-0.15, -0.1) is 0 Å². The minimum absolute atomic E-state index is 0.177. The third kappa shape index (κ3) is 2.11. The highest BCUT2D eigenvalue weighted by Gasteiger charge is 2.25. The standard InChI is InChI=1S/C7H13N3O2/c1-4(2)3-5-6(11)9-10-7(12)8-5/h4-5H,3H2,1-2H3,(H,9,11)(H2,8,10,12). The molecule has 1 unspecified atom stereocenters. The van der Waals surface area contributed by atoms with Gasteiger partial charge in [0.05, 0.1) is 0 Å². The zero-order valence-electron chi connectivity index (χ0n) is 7.18. The third-order valence-corrected chi connectivity index (χ3v) is 1.63. The fourth-order valence-electron chi connectivity index (χ4n) is 1.10. The van der Waals surface area contributed by atoms with E-state index in [2.05, 4.69) is 16.2 Å². The first-order chi connectivity index (χ1) is 5.59. The lowest BCUT2D eigenvalue weighted by molar-refractivity contribution is -0.125. The maximum Gasteiger partial charge on any atom is 0.334 e. The summed E-state index contributed by atoms with van der Waals surface area (Å²) in [5.41, 5.74) is 4.47. The van der Waals surface area contributed by atoms with Crippen LogP contribution in [0, 0.1) is 5.92 Å². The summed E-state index contributed by atoms with van der Waals surface area (Å²) >= 11 is 0. The summed E-state index contributed by atoms with van der Waals surface area (Å²) in [6.07, 6.45) is 0.666. The van der Waals surface area contributed by atoms with Crippen molar-refractivity contribution >= 4 is 11.9 Å². The third-order valence-electron chi connectivity index (χ3n) is 1.63. The van der Waals surface area contributed by atoms with Gasteiger partial charge in [-0.2, -0.15) is 0 Å². The van der Waals surface area contributed by atoms with Gasteiger partial charge in [-0.1, -0.05) is 13.8 Å². The fraction of sp³-hybridized carbons (Fsp3) is 0.714. The molecule has 1 aliphatic heterocycles. The lowest BCUT2D eigenvalue weighted by Crippen LogP contribution is -2.62. The summed E-state index contributed by atoms with van der Waals surface area (Å²) in [6.45, 7) is 4.00. The number of amides is 3. The van der Waals surface area contributed by atoms with E-state index in [9.17, 15) is 9.59 Å². The van der Waals surface area contributed by atoms with Gasteiger partial charge in [0.1, 0.15) is 6.04 Å². The van der Waals surface area contributed by atoms with Crippen LogP contribution < -0.4 is 16.2 Å². The zero-order valence-corrected chi connectivity index (χ0v) is 7.18. The molecule has 1 saturated heterocycles. The number of hydrogen-bond donors (Lipinski definition) is 3. The van der Waals surface area contributed by atoms with Crippen molar-refractivity contribution < 1.29 is 9.59 Å². The number of carbonyl (C=O) groups is 2. The van der Waals surface area contributed by atoms with Gasteiger partial charge in [0.2, 0.25) is 0 Å². The van der Waals surface area contributed by atoms with E-state index in [0.717, 1.165) is 0 Å². The van der Waals surface area contributed by atoms with E-state index in [1.165, 1.54) is 0 Å². The first kappa shape index (κ1) is 8.83. The van der Waals surface area contributed by atoms with E-state index in [1.54, 1.807) is 0 Å². The van der Waals surface area contributed by atoms with Crippen molar-refractivity contribution in [1.29, 1.82) is 0 Å². The van der Waals surface area contributed by atoms with Crippen molar-refractivity contribution in [3.8, 4) is 0 Å². The predicted molar refractivity (Wildman–Crippen MR) is 43.1 cm³/mol. The summed E-state index contributed by atoms with van der Waals surface area (Å²) < 4.78 is 0. The largest absolute Gasteiger partial charge is 0.334 e. The van der Waals surface area contributed by atoms with E-state index in [-0.39, 0.29) is 11.9 Å². The van der Waals surface area contributed by atoms with Gasteiger partial charge in [0.25, 0.3) is 5.91 Å². The highest BCUT2D eigenvalue weighted by Crippen LogP contribution is 2.05. The number of rotatable bonds is 2. The highest BCUT2D eigenvalue weighted by molar-refractivity contribution is 5.91. The zero-order chi connectivity index (χ0) is 9.14. The van der Waals surface area contributed by atoms with Gasteiger partial charge < -0.3 is 5.32 Å². The van der Waals surface area contributed by atoms with Crippen LogP contribution in [0.1, 0.15) is 20.3 Å². The summed E-state index contributed by atoms with van der Waals surface area (Å²) in [4.78, 5) is 21.9. The van der Waals surface area contributed by atoms with Crippen LogP contribution in [0.2, 0.25) is 0 Å². The topological polar surface area (TPSA) is 70.2 Å². The molecule has 0 aliphatic carbocycles. The second-order valence-electron chi connectivity index (χ2n) is 3.27. The molecule has 5 heteroatoms. The molecule has 0 spiro atoms. The Hall–Kier alpha value is -1.26. The maximum atomic E-state index is 11.1. The average Bonchev–Trinajstić information content (AvgIpc) is 1.96. The number of nitrogens with one attached hydrogen (secondary N) is 3. The van der Waals surface area contributed by atoms with Crippen molar-refractivity contribution in [2.75, 3.05) is 0 Å². The molecule has 3 N–H and O–H groups in total. The van der Waals surface area contributed by atoms with Crippen LogP contribution in [-0.4, -0.2) is 18.0 Å². The molecule has 0 radical (unpaired) electrons. The quantitative estimate of drug-likeness (QED) is 0.536. The van der Waals surface area contributed by atoms with Crippen molar-refractivity contribution in [3.05, 3.63) is 0 Å². The van der Waals surface area contributed by atoms with Crippen molar-refractivity contribution in [2.45, 2.75) is 26.3 Å². The SMILES string of the molecule is CC(C)CC1NC(=O)NNC1=O. The Morgan fingerprint density at radius 3 is 2.58 bits per heavy atom. The van der Waals surface area contributed by atoms with E-state index in [4.69, 9.17) is 0 Å². The second-order valence-corrected chi connectivity index (χ2v) is 3.27. The molecule has 68 valence electrons. The van der Waals surface area contributed by atoms with Gasteiger partial charge in [0.15, 0.2) is 0 Å². The van der Waals surface area contributed by atoms with E-state index >= 15 is 0 Å². The Balaban J connectivity index is 2.49. The Kier molecular flexibility index (Phi) is 2.52. The lowest BCUT2D eigenvalue weighted by Gasteiger charge is -2.24. The molecular weight excluding hydrogens is 158 g/mol. The molecule has 0 aromatic rings. The molecule has 1 heterocycles. The van der Waals surface area contributed by atoms with Gasteiger partial charge in [0, 0.05) is 0 Å². The number of hydrogen-bond acceptors (Lipinski definition) is 2. The Morgan fingerprint density at radius 2 is 2.00 bits per heavy atom.